The van der Waals surface area contributed by atoms with Crippen LogP contribution in [0, 0.1) is 6.92 Å². The van der Waals surface area contributed by atoms with E-state index in [2.05, 4.69) is 5.32 Å². The van der Waals surface area contributed by atoms with Crippen molar-refractivity contribution in [2.24, 2.45) is 5.14 Å². The number of rotatable bonds is 7. The molecule has 1 unspecified atom stereocenters. The van der Waals surface area contributed by atoms with E-state index < -0.39 is 38.0 Å². The molecule has 2 aromatic rings. The van der Waals surface area contributed by atoms with Gasteiger partial charge in [-0.1, -0.05) is 12.5 Å². The lowest BCUT2D eigenvalue weighted by molar-refractivity contribution is -0.123. The molecule has 10 nitrogen and oxygen atoms in total. The number of aryl methyl sites for hydroxylation is 1. The van der Waals surface area contributed by atoms with Gasteiger partial charge in [0.15, 0.2) is 6.10 Å². The molecule has 184 valence electrons. The number of nitrogens with one attached hydrogen (secondary N) is 1. The van der Waals surface area contributed by atoms with Gasteiger partial charge < -0.3 is 10.1 Å². The average molecular weight is 510 g/mol. The molecular formula is C22H27N3O7S2. The molecule has 1 amide bonds. The van der Waals surface area contributed by atoms with Crippen LogP contribution >= 0.6 is 0 Å². The topological polar surface area (TPSA) is 153 Å². The van der Waals surface area contributed by atoms with E-state index >= 15 is 0 Å². The van der Waals surface area contributed by atoms with Crippen LogP contribution in [0.3, 0.4) is 0 Å². The molecule has 1 saturated heterocycles. The first-order chi connectivity index (χ1) is 15.9. The zero-order chi connectivity index (χ0) is 25.1. The lowest BCUT2D eigenvalue weighted by Crippen LogP contribution is -2.36. The smallest absolute Gasteiger partial charge is 0.338 e. The highest BCUT2D eigenvalue weighted by molar-refractivity contribution is 7.89. The number of carbonyl (C=O) groups excluding carboxylic acids is 2. The minimum absolute atomic E-state index is 0.0124. The quantitative estimate of drug-likeness (QED) is 0.541. The summed E-state index contributed by atoms with van der Waals surface area (Å²) in [5.41, 5.74) is 0.805. The molecule has 1 heterocycles. The summed E-state index contributed by atoms with van der Waals surface area (Å²) in [5, 5.41) is 7.55. The molecule has 12 heteroatoms. The molecule has 1 fully saturated rings. The van der Waals surface area contributed by atoms with Gasteiger partial charge in [-0.25, -0.2) is 26.8 Å². The van der Waals surface area contributed by atoms with Gasteiger partial charge in [0.25, 0.3) is 5.91 Å². The van der Waals surface area contributed by atoms with E-state index in [0.717, 1.165) is 19.3 Å². The monoisotopic (exact) mass is 509 g/mol. The summed E-state index contributed by atoms with van der Waals surface area (Å²) in [4.78, 5) is 25.0. The first-order valence-corrected chi connectivity index (χ1v) is 13.6. The van der Waals surface area contributed by atoms with Crippen molar-refractivity contribution >= 4 is 37.6 Å². The van der Waals surface area contributed by atoms with Gasteiger partial charge in [-0.15, -0.1) is 0 Å². The van der Waals surface area contributed by atoms with E-state index in [1.807, 2.05) is 0 Å². The number of amides is 1. The number of nitrogens with zero attached hydrogens (tertiary/aromatic N) is 1. The Balaban J connectivity index is 1.70. The molecule has 34 heavy (non-hydrogen) atoms. The molecule has 1 aliphatic heterocycles. The number of esters is 1. The van der Waals surface area contributed by atoms with Crippen LogP contribution in [0.5, 0.6) is 0 Å². The van der Waals surface area contributed by atoms with Crippen LogP contribution < -0.4 is 10.5 Å². The molecule has 3 N–H and O–H groups in total. The van der Waals surface area contributed by atoms with Crippen molar-refractivity contribution in [1.29, 1.82) is 0 Å². The summed E-state index contributed by atoms with van der Waals surface area (Å²) in [5.74, 6) is -1.49. The third-order valence-electron chi connectivity index (χ3n) is 5.46. The Morgan fingerprint density at radius 2 is 1.62 bits per heavy atom. The van der Waals surface area contributed by atoms with E-state index in [1.54, 1.807) is 6.92 Å². The Hall–Kier alpha value is -2.80. The van der Waals surface area contributed by atoms with Crippen molar-refractivity contribution in [3.05, 3.63) is 53.6 Å². The zero-order valence-corrected chi connectivity index (χ0v) is 20.5. The number of sulfonamides is 2. The summed E-state index contributed by atoms with van der Waals surface area (Å²) >= 11 is 0. The minimum Gasteiger partial charge on any atom is -0.449 e. The van der Waals surface area contributed by atoms with Crippen molar-refractivity contribution < 1.29 is 31.2 Å². The second kappa shape index (κ2) is 10.2. The Bertz CT molecular complexity index is 1280. The number of carbonyl (C=O) groups is 2. The summed E-state index contributed by atoms with van der Waals surface area (Å²) < 4.78 is 55.4. The first-order valence-electron chi connectivity index (χ1n) is 10.6. The molecule has 0 saturated carbocycles. The van der Waals surface area contributed by atoms with Gasteiger partial charge in [0.1, 0.15) is 0 Å². The second-order valence-electron chi connectivity index (χ2n) is 8.05. The number of hydrogen-bond donors (Lipinski definition) is 2. The van der Waals surface area contributed by atoms with Gasteiger partial charge in [0, 0.05) is 18.8 Å². The largest absolute Gasteiger partial charge is 0.449 e. The zero-order valence-electron chi connectivity index (χ0n) is 18.9. The van der Waals surface area contributed by atoms with E-state index in [1.165, 1.54) is 53.7 Å². The molecule has 1 atom stereocenters. The van der Waals surface area contributed by atoms with Crippen molar-refractivity contribution in [2.75, 3.05) is 18.4 Å². The number of hydrogen-bond acceptors (Lipinski definition) is 7. The summed E-state index contributed by atoms with van der Waals surface area (Å²) in [6.07, 6.45) is 1.36. The fraction of sp³-hybridized carbons (Fsp3) is 0.364. The average Bonchev–Trinajstić information content (AvgIpc) is 2.79. The molecule has 0 aromatic heterocycles. The second-order valence-corrected chi connectivity index (χ2v) is 11.5. The summed E-state index contributed by atoms with van der Waals surface area (Å²) in [6.45, 7) is 3.90. The SMILES string of the molecule is Cc1ccc(C(=O)OC(C)C(=O)Nc2ccc(S(N)(=O)=O)cc2)cc1S(=O)(=O)N1CCCCC1. The predicted molar refractivity (Wildman–Crippen MR) is 125 cm³/mol. The highest BCUT2D eigenvalue weighted by atomic mass is 32.2. The van der Waals surface area contributed by atoms with Crippen LogP contribution in [0.2, 0.25) is 0 Å². The Morgan fingerprint density at radius 3 is 2.21 bits per heavy atom. The maximum Gasteiger partial charge on any atom is 0.338 e. The van der Waals surface area contributed by atoms with Crippen molar-refractivity contribution in [3.63, 3.8) is 0 Å². The van der Waals surface area contributed by atoms with Crippen LogP contribution in [-0.4, -0.2) is 52.2 Å². The number of nitrogens with two attached hydrogens (primary N) is 1. The van der Waals surface area contributed by atoms with Crippen LogP contribution in [0.1, 0.15) is 42.1 Å². The molecule has 0 bridgehead atoms. The van der Waals surface area contributed by atoms with E-state index in [0.29, 0.717) is 18.7 Å². The lowest BCUT2D eigenvalue weighted by Gasteiger charge is -2.26. The van der Waals surface area contributed by atoms with Crippen LogP contribution in [0.25, 0.3) is 0 Å². The highest BCUT2D eigenvalue weighted by Crippen LogP contribution is 2.25. The van der Waals surface area contributed by atoms with Gasteiger partial charge in [-0.05, 0) is 68.7 Å². The number of piperidine rings is 1. The van der Waals surface area contributed by atoms with E-state index in [9.17, 15) is 26.4 Å². The maximum absolute atomic E-state index is 13.1. The van der Waals surface area contributed by atoms with Crippen molar-refractivity contribution in [3.8, 4) is 0 Å². The molecule has 0 radical (unpaired) electrons. The third kappa shape index (κ3) is 6.00. The van der Waals surface area contributed by atoms with Gasteiger partial charge >= 0.3 is 5.97 Å². The minimum atomic E-state index is -3.86. The fourth-order valence-electron chi connectivity index (χ4n) is 3.50. The Kier molecular flexibility index (Phi) is 7.76. The molecule has 1 aliphatic rings. The molecule has 0 spiro atoms. The molecular weight excluding hydrogens is 482 g/mol. The highest BCUT2D eigenvalue weighted by Gasteiger charge is 2.29. The number of ether oxygens (including phenoxy) is 1. The number of benzene rings is 2. The molecule has 3 rings (SSSR count). The molecule has 0 aliphatic carbocycles. The van der Waals surface area contributed by atoms with Crippen LogP contribution in [0.15, 0.2) is 52.3 Å². The number of primary sulfonamides is 1. The summed E-state index contributed by atoms with van der Waals surface area (Å²) in [6, 6.07) is 9.43. The summed E-state index contributed by atoms with van der Waals surface area (Å²) in [7, 11) is -7.62. The molecule has 2 aromatic carbocycles. The van der Waals surface area contributed by atoms with Gasteiger partial charge in [0.2, 0.25) is 20.0 Å². The lowest BCUT2D eigenvalue weighted by atomic mass is 10.1. The van der Waals surface area contributed by atoms with E-state index in [4.69, 9.17) is 9.88 Å². The normalized spacial score (nSPS) is 16.0. The van der Waals surface area contributed by atoms with Crippen LogP contribution in [-0.2, 0) is 29.6 Å². The standard InChI is InChI=1S/C22H27N3O7S2/c1-15-6-7-17(14-20(15)34(30,31)25-12-4-3-5-13-25)22(27)32-16(2)21(26)24-18-8-10-19(11-9-18)33(23,28)29/h6-11,14,16H,3-5,12-13H2,1-2H3,(H,24,26)(H2,23,28,29). The van der Waals surface area contributed by atoms with Gasteiger partial charge in [-0.3, -0.25) is 4.79 Å². The fourth-order valence-corrected chi connectivity index (χ4v) is 5.79. The predicted octanol–water partition coefficient (Wildman–Crippen LogP) is 2.00. The van der Waals surface area contributed by atoms with E-state index in [-0.39, 0.29) is 21.0 Å². The van der Waals surface area contributed by atoms with Gasteiger partial charge in [-0.2, -0.15) is 4.31 Å². The maximum atomic E-state index is 13.1. The van der Waals surface area contributed by atoms with Crippen molar-refractivity contribution in [1.82, 2.24) is 4.31 Å². The Morgan fingerprint density at radius 1 is 1.00 bits per heavy atom. The van der Waals surface area contributed by atoms with Gasteiger partial charge in [0.05, 0.1) is 15.4 Å². The number of anilines is 1. The van der Waals surface area contributed by atoms with Crippen LogP contribution in [0.4, 0.5) is 5.69 Å². The third-order valence-corrected chi connectivity index (χ3v) is 8.43. The first kappa shape index (κ1) is 25.8. The van der Waals surface area contributed by atoms with Crippen molar-refractivity contribution in [2.45, 2.75) is 49.0 Å². The Labute approximate surface area is 199 Å².